The second-order valence-electron chi connectivity index (χ2n) is 4.12. The van der Waals surface area contributed by atoms with E-state index in [-0.39, 0.29) is 5.84 Å². The van der Waals surface area contributed by atoms with E-state index >= 15 is 0 Å². The van der Waals surface area contributed by atoms with Gasteiger partial charge in [0.25, 0.3) is 0 Å². The summed E-state index contributed by atoms with van der Waals surface area (Å²) in [5.41, 5.74) is 8.57. The van der Waals surface area contributed by atoms with E-state index in [4.69, 9.17) is 10.9 Å². The predicted molar refractivity (Wildman–Crippen MR) is 83.1 cm³/mol. The lowest BCUT2D eigenvalue weighted by Crippen LogP contribution is -2.22. The highest BCUT2D eigenvalue weighted by atomic mass is 79.9. The van der Waals surface area contributed by atoms with Crippen molar-refractivity contribution in [3.8, 4) is 0 Å². The zero-order valence-corrected chi connectivity index (χ0v) is 12.8. The second-order valence-corrected chi connectivity index (χ2v) is 6.41. The van der Waals surface area contributed by atoms with E-state index in [0.717, 1.165) is 21.6 Å². The Bertz CT molecular complexity index is 597. The van der Waals surface area contributed by atoms with Gasteiger partial charge in [0, 0.05) is 24.8 Å². The number of hydrogen-bond acceptors (Lipinski definition) is 4. The average molecular weight is 340 g/mol. The zero-order chi connectivity index (χ0) is 13.8. The molecule has 0 bridgehead atoms. The lowest BCUT2D eigenvalue weighted by atomic mass is 10.1. The molecule has 0 spiro atoms. The summed E-state index contributed by atoms with van der Waals surface area (Å²) in [6.07, 6.45) is 0. The fraction of sp³-hybridized carbons (Fsp3) is 0.154. The van der Waals surface area contributed by atoms with Crippen molar-refractivity contribution >= 4 is 38.8 Å². The van der Waals surface area contributed by atoms with Crippen LogP contribution in [0.5, 0.6) is 0 Å². The molecule has 0 aliphatic heterocycles. The van der Waals surface area contributed by atoms with Gasteiger partial charge in [0.05, 0.1) is 3.79 Å². The number of para-hydroxylation sites is 1. The van der Waals surface area contributed by atoms with Crippen LogP contribution in [0.1, 0.15) is 11.1 Å². The number of oxime groups is 1. The van der Waals surface area contributed by atoms with Crippen molar-refractivity contribution in [1.82, 2.24) is 0 Å². The number of hydrogen-bond donors (Lipinski definition) is 2. The van der Waals surface area contributed by atoms with E-state index < -0.39 is 0 Å². The Kier molecular flexibility index (Phi) is 4.44. The van der Waals surface area contributed by atoms with Crippen LogP contribution in [0.15, 0.2) is 44.7 Å². The SMILES string of the molecule is CN(Cc1csc(Br)c1)c1ccccc1C(N)=NO. The van der Waals surface area contributed by atoms with Gasteiger partial charge in [-0.05, 0) is 45.1 Å². The minimum Gasteiger partial charge on any atom is -0.409 e. The van der Waals surface area contributed by atoms with Crippen LogP contribution in [0.2, 0.25) is 0 Å². The number of nitrogens with zero attached hydrogens (tertiary/aromatic N) is 2. The van der Waals surface area contributed by atoms with Crippen molar-refractivity contribution in [2.45, 2.75) is 6.54 Å². The molecule has 3 N–H and O–H groups in total. The van der Waals surface area contributed by atoms with Crippen LogP contribution >= 0.6 is 27.3 Å². The summed E-state index contributed by atoms with van der Waals surface area (Å²) in [6, 6.07) is 9.68. The molecule has 1 aromatic heterocycles. The molecule has 2 rings (SSSR count). The third kappa shape index (κ3) is 3.27. The molecule has 1 heterocycles. The highest BCUT2D eigenvalue weighted by Gasteiger charge is 2.11. The molecule has 0 fully saturated rings. The molecule has 0 unspecified atom stereocenters. The fourth-order valence-electron chi connectivity index (χ4n) is 1.86. The third-order valence-electron chi connectivity index (χ3n) is 2.74. The Morgan fingerprint density at radius 2 is 2.21 bits per heavy atom. The molecule has 1 aromatic carbocycles. The maximum atomic E-state index is 8.83. The third-order valence-corrected chi connectivity index (χ3v) is 4.29. The van der Waals surface area contributed by atoms with Gasteiger partial charge >= 0.3 is 0 Å². The first kappa shape index (κ1) is 13.9. The first-order chi connectivity index (χ1) is 9.11. The molecule has 19 heavy (non-hydrogen) atoms. The normalized spacial score (nSPS) is 11.6. The van der Waals surface area contributed by atoms with Crippen LogP contribution in [0.3, 0.4) is 0 Å². The largest absolute Gasteiger partial charge is 0.409 e. The molecule has 2 aromatic rings. The maximum absolute atomic E-state index is 8.83. The minimum atomic E-state index is 0.119. The highest BCUT2D eigenvalue weighted by molar-refractivity contribution is 9.11. The number of nitrogens with two attached hydrogens (primary N) is 1. The maximum Gasteiger partial charge on any atom is 0.172 e. The van der Waals surface area contributed by atoms with Gasteiger partial charge in [0.1, 0.15) is 0 Å². The van der Waals surface area contributed by atoms with Gasteiger partial charge in [-0.15, -0.1) is 11.3 Å². The Morgan fingerprint density at radius 1 is 1.47 bits per heavy atom. The summed E-state index contributed by atoms with van der Waals surface area (Å²) in [5.74, 6) is 0.119. The lowest BCUT2D eigenvalue weighted by molar-refractivity contribution is 0.318. The van der Waals surface area contributed by atoms with E-state index in [2.05, 4.69) is 37.4 Å². The van der Waals surface area contributed by atoms with Crippen molar-refractivity contribution in [2.24, 2.45) is 10.9 Å². The molecular weight excluding hydrogens is 326 g/mol. The van der Waals surface area contributed by atoms with Crippen molar-refractivity contribution in [1.29, 1.82) is 0 Å². The summed E-state index contributed by atoms with van der Waals surface area (Å²) in [6.45, 7) is 0.762. The first-order valence-electron chi connectivity index (χ1n) is 5.63. The smallest absolute Gasteiger partial charge is 0.172 e. The number of rotatable bonds is 4. The van der Waals surface area contributed by atoms with E-state index in [9.17, 15) is 0 Å². The number of halogens is 1. The second kappa shape index (κ2) is 6.08. The number of anilines is 1. The zero-order valence-electron chi connectivity index (χ0n) is 10.4. The molecule has 0 saturated carbocycles. The Balaban J connectivity index is 2.26. The molecule has 0 aliphatic carbocycles. The van der Waals surface area contributed by atoms with Gasteiger partial charge in [-0.1, -0.05) is 17.3 Å². The van der Waals surface area contributed by atoms with E-state index in [1.54, 1.807) is 11.3 Å². The molecule has 0 aliphatic rings. The summed E-state index contributed by atoms with van der Waals surface area (Å²) < 4.78 is 1.11. The number of benzene rings is 1. The van der Waals surface area contributed by atoms with Crippen LogP contribution < -0.4 is 10.6 Å². The van der Waals surface area contributed by atoms with Crippen LogP contribution in [-0.2, 0) is 6.54 Å². The summed E-state index contributed by atoms with van der Waals surface area (Å²) >= 11 is 5.11. The number of amidine groups is 1. The Morgan fingerprint density at radius 3 is 2.84 bits per heavy atom. The van der Waals surface area contributed by atoms with E-state index in [1.165, 1.54) is 5.56 Å². The van der Waals surface area contributed by atoms with Gasteiger partial charge in [0.15, 0.2) is 5.84 Å². The van der Waals surface area contributed by atoms with Crippen LogP contribution in [0, 0.1) is 0 Å². The monoisotopic (exact) mass is 339 g/mol. The molecule has 100 valence electrons. The van der Waals surface area contributed by atoms with E-state index in [1.807, 2.05) is 31.3 Å². The van der Waals surface area contributed by atoms with E-state index in [0.29, 0.717) is 0 Å². The van der Waals surface area contributed by atoms with Crippen molar-refractivity contribution in [2.75, 3.05) is 11.9 Å². The summed E-state index contributed by atoms with van der Waals surface area (Å²) in [7, 11) is 1.98. The van der Waals surface area contributed by atoms with Gasteiger partial charge in [-0.3, -0.25) is 0 Å². The first-order valence-corrected chi connectivity index (χ1v) is 7.30. The van der Waals surface area contributed by atoms with Gasteiger partial charge < -0.3 is 15.8 Å². The van der Waals surface area contributed by atoms with Crippen LogP contribution in [0.25, 0.3) is 0 Å². The van der Waals surface area contributed by atoms with Gasteiger partial charge in [-0.25, -0.2) is 0 Å². The molecule has 4 nitrogen and oxygen atoms in total. The van der Waals surface area contributed by atoms with Gasteiger partial charge in [0.2, 0.25) is 0 Å². The predicted octanol–water partition coefficient (Wildman–Crippen LogP) is 3.24. The fourth-order valence-corrected chi connectivity index (χ4v) is 3.07. The van der Waals surface area contributed by atoms with Crippen LogP contribution in [-0.4, -0.2) is 18.1 Å². The molecule has 0 amide bonds. The molecular formula is C13H14BrN3OS. The topological polar surface area (TPSA) is 61.8 Å². The quantitative estimate of drug-likeness (QED) is 0.389. The van der Waals surface area contributed by atoms with Crippen LogP contribution in [0.4, 0.5) is 5.69 Å². The molecule has 6 heteroatoms. The average Bonchev–Trinajstić information content (AvgIpc) is 2.83. The Labute approximate surface area is 124 Å². The molecule has 0 saturated heterocycles. The standard InChI is InChI=1S/C13H14BrN3OS/c1-17(7-9-6-12(14)19-8-9)11-5-3-2-4-10(11)13(15)16-18/h2-6,8,18H,7H2,1H3,(H2,15,16). The number of thiophene rings is 1. The minimum absolute atomic E-state index is 0.119. The van der Waals surface area contributed by atoms with Crippen molar-refractivity contribution < 1.29 is 5.21 Å². The van der Waals surface area contributed by atoms with Gasteiger partial charge in [-0.2, -0.15) is 0 Å². The lowest BCUT2D eigenvalue weighted by Gasteiger charge is -2.21. The van der Waals surface area contributed by atoms with Crippen molar-refractivity contribution in [3.05, 3.63) is 50.6 Å². The Hall–Kier alpha value is -1.53. The molecule has 0 radical (unpaired) electrons. The highest BCUT2D eigenvalue weighted by Crippen LogP contribution is 2.25. The summed E-state index contributed by atoms with van der Waals surface area (Å²) in [4.78, 5) is 2.07. The summed E-state index contributed by atoms with van der Waals surface area (Å²) in [5, 5.41) is 14.0. The van der Waals surface area contributed by atoms with Crippen molar-refractivity contribution in [3.63, 3.8) is 0 Å². The molecule has 0 atom stereocenters.